The lowest BCUT2D eigenvalue weighted by molar-refractivity contribution is -0.401. The van der Waals surface area contributed by atoms with Gasteiger partial charge in [-0.15, -0.1) is 0 Å². The first kappa shape index (κ1) is 18.5. The zero-order valence-corrected chi connectivity index (χ0v) is 12.2. The topological polar surface area (TPSA) is 43.1 Å². The molecule has 0 radical (unpaired) electrons. The van der Waals surface area contributed by atoms with E-state index < -0.39 is 28.4 Å². The SMILES string of the molecule is O=[N+]([O-])C=C(c1cccc(C(F)(F)F)c1)c1cccc(C(F)(F)F)c1. The van der Waals surface area contributed by atoms with E-state index in [1.54, 1.807) is 0 Å². The average Bonchev–Trinajstić information content (AvgIpc) is 2.51. The van der Waals surface area contributed by atoms with Gasteiger partial charge in [-0.05, 0) is 35.4 Å². The van der Waals surface area contributed by atoms with Gasteiger partial charge in [0.05, 0.1) is 21.6 Å². The highest BCUT2D eigenvalue weighted by Crippen LogP contribution is 2.35. The molecule has 0 saturated carbocycles. The molecule has 2 aromatic carbocycles. The number of hydrogen-bond acceptors (Lipinski definition) is 2. The van der Waals surface area contributed by atoms with Crippen LogP contribution in [0.1, 0.15) is 22.3 Å². The molecule has 2 rings (SSSR count). The normalized spacial score (nSPS) is 11.9. The van der Waals surface area contributed by atoms with Crippen molar-refractivity contribution in [1.29, 1.82) is 0 Å². The van der Waals surface area contributed by atoms with Crippen molar-refractivity contribution in [3.63, 3.8) is 0 Å². The Labute approximate surface area is 137 Å². The second-order valence-corrected chi connectivity index (χ2v) is 4.99. The summed E-state index contributed by atoms with van der Waals surface area (Å²) in [5, 5.41) is 10.8. The first-order chi connectivity index (χ1) is 11.5. The Bertz CT molecular complexity index is 764. The quantitative estimate of drug-likeness (QED) is 0.418. The number of alkyl halides is 6. The van der Waals surface area contributed by atoms with Gasteiger partial charge in [0.15, 0.2) is 0 Å². The monoisotopic (exact) mass is 361 g/mol. The van der Waals surface area contributed by atoms with Gasteiger partial charge in [0.25, 0.3) is 0 Å². The number of nitrogens with zero attached hydrogens (tertiary/aromatic N) is 1. The van der Waals surface area contributed by atoms with E-state index in [9.17, 15) is 36.5 Å². The first-order valence-corrected chi connectivity index (χ1v) is 6.69. The van der Waals surface area contributed by atoms with Crippen LogP contribution in [-0.4, -0.2) is 4.92 Å². The minimum absolute atomic E-state index is 0.217. The summed E-state index contributed by atoms with van der Waals surface area (Å²) in [4.78, 5) is 9.87. The van der Waals surface area contributed by atoms with Gasteiger partial charge in [-0.1, -0.05) is 24.3 Å². The summed E-state index contributed by atoms with van der Waals surface area (Å²) in [5.74, 6) is 0. The average molecular weight is 361 g/mol. The van der Waals surface area contributed by atoms with E-state index in [-0.39, 0.29) is 16.7 Å². The van der Waals surface area contributed by atoms with Gasteiger partial charge < -0.3 is 0 Å². The molecule has 0 saturated heterocycles. The Balaban J connectivity index is 2.62. The van der Waals surface area contributed by atoms with Gasteiger partial charge in [0.2, 0.25) is 6.20 Å². The number of halogens is 6. The van der Waals surface area contributed by atoms with Crippen molar-refractivity contribution in [2.45, 2.75) is 12.4 Å². The van der Waals surface area contributed by atoms with E-state index in [0.717, 1.165) is 36.4 Å². The van der Waals surface area contributed by atoms with E-state index in [1.807, 2.05) is 0 Å². The van der Waals surface area contributed by atoms with Gasteiger partial charge in [0.1, 0.15) is 0 Å². The maximum Gasteiger partial charge on any atom is 0.416 e. The summed E-state index contributed by atoms with van der Waals surface area (Å²) in [6.07, 6.45) is -9.00. The molecule has 0 aliphatic heterocycles. The molecule has 3 nitrogen and oxygen atoms in total. The Hall–Kier alpha value is -2.84. The summed E-state index contributed by atoms with van der Waals surface area (Å²) in [6, 6.07) is 7.19. The minimum Gasteiger partial charge on any atom is -0.259 e. The van der Waals surface area contributed by atoms with Crippen molar-refractivity contribution >= 4 is 5.57 Å². The molecule has 0 atom stereocenters. The lowest BCUT2D eigenvalue weighted by Crippen LogP contribution is -2.07. The summed E-state index contributed by atoms with van der Waals surface area (Å²) in [6.45, 7) is 0. The third kappa shape index (κ3) is 4.59. The van der Waals surface area contributed by atoms with Crippen LogP contribution in [-0.2, 0) is 12.4 Å². The van der Waals surface area contributed by atoms with E-state index in [2.05, 4.69) is 0 Å². The van der Waals surface area contributed by atoms with Crippen molar-refractivity contribution in [2.24, 2.45) is 0 Å². The predicted octanol–water partition coefficient (Wildman–Crippen LogP) is 5.39. The highest BCUT2D eigenvalue weighted by molar-refractivity contribution is 5.79. The summed E-state index contributed by atoms with van der Waals surface area (Å²) >= 11 is 0. The molecule has 2 aromatic rings. The number of hydrogen-bond donors (Lipinski definition) is 0. The molecule has 25 heavy (non-hydrogen) atoms. The summed E-state index contributed by atoms with van der Waals surface area (Å²) in [7, 11) is 0. The molecule has 132 valence electrons. The standard InChI is InChI=1S/C16H9F6NO2/c17-15(18,19)12-5-1-3-10(7-12)14(9-23(24)25)11-4-2-6-13(8-11)16(20,21)22/h1-9H. The highest BCUT2D eigenvalue weighted by Gasteiger charge is 2.32. The van der Waals surface area contributed by atoms with Crippen molar-refractivity contribution < 1.29 is 31.3 Å². The van der Waals surface area contributed by atoms with Crippen LogP contribution in [0.2, 0.25) is 0 Å². The van der Waals surface area contributed by atoms with E-state index in [0.29, 0.717) is 18.3 Å². The third-order valence-corrected chi connectivity index (χ3v) is 3.24. The largest absolute Gasteiger partial charge is 0.416 e. The van der Waals surface area contributed by atoms with E-state index >= 15 is 0 Å². The second kappa shape index (κ2) is 6.58. The van der Waals surface area contributed by atoms with Gasteiger partial charge in [0, 0.05) is 0 Å². The van der Waals surface area contributed by atoms with Crippen LogP contribution in [0.5, 0.6) is 0 Å². The maximum atomic E-state index is 12.8. The third-order valence-electron chi connectivity index (χ3n) is 3.24. The molecule has 0 aliphatic carbocycles. The first-order valence-electron chi connectivity index (χ1n) is 6.69. The smallest absolute Gasteiger partial charge is 0.259 e. The summed E-state index contributed by atoms with van der Waals surface area (Å²) < 4.78 is 76.9. The molecule has 0 heterocycles. The Morgan fingerprint density at radius 1 is 0.840 bits per heavy atom. The molecular weight excluding hydrogens is 352 g/mol. The van der Waals surface area contributed by atoms with Gasteiger partial charge in [-0.3, -0.25) is 10.1 Å². The fourth-order valence-electron chi connectivity index (χ4n) is 2.15. The number of benzene rings is 2. The van der Waals surface area contributed by atoms with Crippen LogP contribution >= 0.6 is 0 Å². The lowest BCUT2D eigenvalue weighted by Gasteiger charge is -2.12. The van der Waals surface area contributed by atoms with Crippen LogP contribution in [0, 0.1) is 10.1 Å². The van der Waals surface area contributed by atoms with Crippen molar-refractivity contribution in [3.8, 4) is 0 Å². The van der Waals surface area contributed by atoms with Crippen molar-refractivity contribution in [1.82, 2.24) is 0 Å². The molecule has 0 N–H and O–H groups in total. The molecule has 0 fully saturated rings. The summed E-state index contributed by atoms with van der Waals surface area (Å²) in [5.41, 5.74) is -2.92. The van der Waals surface area contributed by atoms with Crippen molar-refractivity contribution in [3.05, 3.63) is 87.1 Å². The predicted molar refractivity (Wildman–Crippen MR) is 77.0 cm³/mol. The maximum absolute atomic E-state index is 12.8. The zero-order valence-electron chi connectivity index (χ0n) is 12.2. The van der Waals surface area contributed by atoms with Crippen LogP contribution in [0.4, 0.5) is 26.3 Å². The molecule has 0 amide bonds. The van der Waals surface area contributed by atoms with Gasteiger partial charge in [-0.25, -0.2) is 0 Å². The number of nitro groups is 1. The molecule has 0 aliphatic rings. The van der Waals surface area contributed by atoms with Gasteiger partial charge >= 0.3 is 12.4 Å². The van der Waals surface area contributed by atoms with Crippen LogP contribution in [0.25, 0.3) is 5.57 Å². The second-order valence-electron chi connectivity index (χ2n) is 4.99. The molecule has 0 unspecified atom stereocenters. The van der Waals surface area contributed by atoms with Gasteiger partial charge in [-0.2, -0.15) is 26.3 Å². The van der Waals surface area contributed by atoms with E-state index in [1.165, 1.54) is 0 Å². The highest BCUT2D eigenvalue weighted by atomic mass is 19.4. The Morgan fingerprint density at radius 3 is 1.56 bits per heavy atom. The number of rotatable bonds is 3. The Morgan fingerprint density at radius 2 is 1.24 bits per heavy atom. The van der Waals surface area contributed by atoms with E-state index in [4.69, 9.17) is 0 Å². The molecule has 0 bridgehead atoms. The molecule has 0 spiro atoms. The molecule has 9 heteroatoms. The van der Waals surface area contributed by atoms with Crippen LogP contribution < -0.4 is 0 Å². The fourth-order valence-corrected chi connectivity index (χ4v) is 2.15. The minimum atomic E-state index is -4.69. The zero-order chi connectivity index (χ0) is 18.8. The molecular formula is C16H9F6NO2. The van der Waals surface area contributed by atoms with Crippen molar-refractivity contribution in [2.75, 3.05) is 0 Å². The fraction of sp³-hybridized carbons (Fsp3) is 0.125. The van der Waals surface area contributed by atoms with Crippen LogP contribution in [0.15, 0.2) is 54.7 Å². The lowest BCUT2D eigenvalue weighted by atomic mass is 9.96. The molecule has 0 aromatic heterocycles. The Kier molecular flexibility index (Phi) is 4.87. The van der Waals surface area contributed by atoms with Crippen LogP contribution in [0.3, 0.4) is 0 Å².